The van der Waals surface area contributed by atoms with Gasteiger partial charge in [0.2, 0.25) is 21.8 Å². The second-order valence-corrected chi connectivity index (χ2v) is 12.5. The molecular weight excluding hydrogens is 522 g/mol. The Morgan fingerprint density at radius 1 is 0.850 bits per heavy atom. The molecule has 0 unspecified atom stereocenters. The van der Waals surface area contributed by atoms with Crippen molar-refractivity contribution in [3.8, 4) is 0 Å². The standard InChI is InChI=1S/C32H41N3O4S/c1-25(2)23-33-32(37)30(22-27-15-7-5-8-16-27)34(24-28-17-9-6-10-18-28)31(36)20-13-21-35(40(4,38)39)29-19-12-11-14-26(29)3/h5-12,14-19,25,30H,13,20-24H2,1-4H3,(H,33,37)/t30-/m0/s1. The molecule has 0 aliphatic carbocycles. The van der Waals surface area contributed by atoms with Crippen molar-refractivity contribution in [3.63, 3.8) is 0 Å². The van der Waals surface area contributed by atoms with Gasteiger partial charge in [-0.1, -0.05) is 92.7 Å². The minimum atomic E-state index is -3.55. The van der Waals surface area contributed by atoms with E-state index in [4.69, 9.17) is 0 Å². The highest BCUT2D eigenvalue weighted by atomic mass is 32.2. The van der Waals surface area contributed by atoms with Gasteiger partial charge in [0.25, 0.3) is 0 Å². The molecule has 2 amide bonds. The van der Waals surface area contributed by atoms with E-state index in [1.165, 1.54) is 10.6 Å². The number of carbonyl (C=O) groups is 2. The van der Waals surface area contributed by atoms with Gasteiger partial charge in [-0.25, -0.2) is 8.42 Å². The third kappa shape index (κ3) is 9.23. The van der Waals surface area contributed by atoms with Crippen LogP contribution in [0.25, 0.3) is 0 Å². The number of amides is 2. The van der Waals surface area contributed by atoms with Crippen LogP contribution >= 0.6 is 0 Å². The van der Waals surface area contributed by atoms with E-state index < -0.39 is 16.1 Å². The Labute approximate surface area is 239 Å². The lowest BCUT2D eigenvalue weighted by atomic mass is 10.0. The summed E-state index contributed by atoms with van der Waals surface area (Å²) >= 11 is 0. The van der Waals surface area contributed by atoms with Crippen molar-refractivity contribution in [3.05, 3.63) is 102 Å². The Hall–Kier alpha value is -3.65. The van der Waals surface area contributed by atoms with Crippen LogP contribution in [0.1, 0.15) is 43.4 Å². The van der Waals surface area contributed by atoms with Crippen molar-refractivity contribution in [2.75, 3.05) is 23.7 Å². The number of sulfonamides is 1. The van der Waals surface area contributed by atoms with Crippen LogP contribution in [0.15, 0.2) is 84.9 Å². The summed E-state index contributed by atoms with van der Waals surface area (Å²) in [6.45, 7) is 6.88. The lowest BCUT2D eigenvalue weighted by Crippen LogP contribution is -2.51. The highest BCUT2D eigenvalue weighted by Crippen LogP contribution is 2.23. The quantitative estimate of drug-likeness (QED) is 0.301. The van der Waals surface area contributed by atoms with Gasteiger partial charge >= 0.3 is 0 Å². The number of hydrogen-bond acceptors (Lipinski definition) is 4. The van der Waals surface area contributed by atoms with Crippen LogP contribution in [0.4, 0.5) is 5.69 Å². The van der Waals surface area contributed by atoms with E-state index in [0.717, 1.165) is 16.7 Å². The average molecular weight is 564 g/mol. The zero-order valence-corrected chi connectivity index (χ0v) is 24.7. The lowest BCUT2D eigenvalue weighted by molar-refractivity contribution is -0.141. The number of carbonyl (C=O) groups excluding carboxylic acids is 2. The highest BCUT2D eigenvalue weighted by molar-refractivity contribution is 7.92. The van der Waals surface area contributed by atoms with Gasteiger partial charge in [-0.15, -0.1) is 0 Å². The number of benzene rings is 3. The third-order valence-electron chi connectivity index (χ3n) is 6.69. The monoisotopic (exact) mass is 563 g/mol. The van der Waals surface area contributed by atoms with Gasteiger partial charge in [-0.05, 0) is 42.0 Å². The van der Waals surface area contributed by atoms with Crippen LogP contribution in [-0.2, 0) is 32.6 Å². The molecule has 40 heavy (non-hydrogen) atoms. The first-order valence-electron chi connectivity index (χ1n) is 13.7. The van der Waals surface area contributed by atoms with Gasteiger partial charge in [0.15, 0.2) is 0 Å². The first-order chi connectivity index (χ1) is 19.1. The summed E-state index contributed by atoms with van der Waals surface area (Å²) in [5.74, 6) is -0.120. The molecular formula is C32H41N3O4S. The van der Waals surface area contributed by atoms with Crippen LogP contribution in [0, 0.1) is 12.8 Å². The predicted octanol–water partition coefficient (Wildman–Crippen LogP) is 4.95. The molecule has 1 N–H and O–H groups in total. The summed E-state index contributed by atoms with van der Waals surface area (Å²) in [5.41, 5.74) is 3.33. The zero-order valence-electron chi connectivity index (χ0n) is 23.9. The molecule has 3 aromatic rings. The Balaban J connectivity index is 1.86. The minimum absolute atomic E-state index is 0.105. The number of nitrogens with zero attached hydrogens (tertiary/aromatic N) is 2. The van der Waals surface area contributed by atoms with Gasteiger partial charge in [0, 0.05) is 32.5 Å². The number of anilines is 1. The fraction of sp³-hybridized carbons (Fsp3) is 0.375. The van der Waals surface area contributed by atoms with Gasteiger partial charge in [0.1, 0.15) is 6.04 Å². The van der Waals surface area contributed by atoms with Crippen molar-refractivity contribution in [1.29, 1.82) is 0 Å². The zero-order chi connectivity index (χ0) is 29.1. The summed E-state index contributed by atoms with van der Waals surface area (Å²) in [7, 11) is -3.55. The predicted molar refractivity (Wildman–Crippen MR) is 161 cm³/mol. The molecule has 0 heterocycles. The maximum atomic E-state index is 13.8. The molecule has 0 bridgehead atoms. The normalized spacial score (nSPS) is 12.1. The second kappa shape index (κ2) is 14.7. The fourth-order valence-electron chi connectivity index (χ4n) is 4.58. The van der Waals surface area contributed by atoms with Crippen LogP contribution in [0.5, 0.6) is 0 Å². The molecule has 0 fully saturated rings. The van der Waals surface area contributed by atoms with E-state index in [9.17, 15) is 18.0 Å². The van der Waals surface area contributed by atoms with E-state index in [1.807, 2.05) is 93.6 Å². The molecule has 7 nitrogen and oxygen atoms in total. The average Bonchev–Trinajstić information content (AvgIpc) is 2.92. The first-order valence-corrected chi connectivity index (χ1v) is 15.6. The molecule has 1 atom stereocenters. The molecule has 0 saturated heterocycles. The van der Waals surface area contributed by atoms with Crippen molar-refractivity contribution in [2.45, 2.75) is 52.6 Å². The van der Waals surface area contributed by atoms with Crippen molar-refractivity contribution in [1.82, 2.24) is 10.2 Å². The number of nitrogens with one attached hydrogen (secondary N) is 1. The molecule has 0 aliphatic rings. The minimum Gasteiger partial charge on any atom is -0.354 e. The van der Waals surface area contributed by atoms with Crippen molar-refractivity contribution in [2.24, 2.45) is 5.92 Å². The molecule has 214 valence electrons. The van der Waals surface area contributed by atoms with Crippen LogP contribution in [-0.4, -0.2) is 50.5 Å². The summed E-state index contributed by atoms with van der Waals surface area (Å²) in [4.78, 5) is 29.0. The smallest absolute Gasteiger partial charge is 0.243 e. The second-order valence-electron chi connectivity index (χ2n) is 10.6. The molecule has 0 aliphatic heterocycles. The van der Waals surface area contributed by atoms with E-state index >= 15 is 0 Å². The third-order valence-corrected chi connectivity index (χ3v) is 7.87. The van der Waals surface area contributed by atoms with Crippen molar-refractivity contribution >= 4 is 27.5 Å². The summed E-state index contributed by atoms with van der Waals surface area (Å²) < 4.78 is 26.6. The Morgan fingerprint density at radius 3 is 2.00 bits per heavy atom. The van der Waals surface area contributed by atoms with Gasteiger partial charge < -0.3 is 10.2 Å². The molecule has 3 rings (SSSR count). The molecule has 0 aromatic heterocycles. The topological polar surface area (TPSA) is 86.8 Å². The summed E-state index contributed by atoms with van der Waals surface area (Å²) in [5, 5.41) is 3.03. The van der Waals surface area contributed by atoms with Crippen molar-refractivity contribution < 1.29 is 18.0 Å². The molecule has 3 aromatic carbocycles. The molecule has 0 saturated carbocycles. The molecule has 0 radical (unpaired) electrons. The van der Waals surface area contributed by atoms with Gasteiger partial charge in [-0.3, -0.25) is 13.9 Å². The number of hydrogen-bond donors (Lipinski definition) is 1. The Bertz CT molecular complexity index is 1340. The summed E-state index contributed by atoms with van der Waals surface area (Å²) in [6, 6.07) is 25.9. The number of rotatable bonds is 14. The number of para-hydroxylation sites is 1. The molecule has 8 heteroatoms. The SMILES string of the molecule is Cc1ccccc1N(CCCC(=O)N(Cc1ccccc1)[C@@H](Cc1ccccc1)C(=O)NCC(C)C)S(C)(=O)=O. The van der Waals surface area contributed by atoms with E-state index in [2.05, 4.69) is 5.32 Å². The van der Waals surface area contributed by atoms with Gasteiger partial charge in [-0.2, -0.15) is 0 Å². The van der Waals surface area contributed by atoms with E-state index in [0.29, 0.717) is 25.1 Å². The Morgan fingerprint density at radius 2 is 1.43 bits per heavy atom. The van der Waals surface area contributed by atoms with Gasteiger partial charge in [0.05, 0.1) is 11.9 Å². The van der Waals surface area contributed by atoms with Crippen LogP contribution in [0.2, 0.25) is 0 Å². The number of aryl methyl sites for hydroxylation is 1. The maximum Gasteiger partial charge on any atom is 0.243 e. The Kier molecular flexibility index (Phi) is 11.3. The van der Waals surface area contributed by atoms with E-state index in [1.54, 1.807) is 17.0 Å². The summed E-state index contributed by atoms with van der Waals surface area (Å²) in [6.07, 6.45) is 1.98. The molecule has 0 spiro atoms. The fourth-order valence-corrected chi connectivity index (χ4v) is 5.61. The lowest BCUT2D eigenvalue weighted by Gasteiger charge is -2.32. The maximum absolute atomic E-state index is 13.8. The first kappa shape index (κ1) is 30.9. The van der Waals surface area contributed by atoms with Crippen LogP contribution < -0.4 is 9.62 Å². The largest absolute Gasteiger partial charge is 0.354 e. The van der Waals surface area contributed by atoms with E-state index in [-0.39, 0.29) is 37.2 Å². The highest BCUT2D eigenvalue weighted by Gasteiger charge is 2.30. The van der Waals surface area contributed by atoms with Crippen LogP contribution in [0.3, 0.4) is 0 Å².